The number of sulfonamides is 1. The van der Waals surface area contributed by atoms with Crippen molar-refractivity contribution in [3.05, 3.63) is 42.5 Å². The standard InChI is InChI=1S/C19H24N2O6S/c1-14(22)20-15-5-10-18(26-4)19(13-15)28(23,24)21(2)11-12-27-17-8-6-16(25-3)7-9-17/h5-10,13H,11-12H2,1-4H3,(H,20,22). The number of rotatable bonds is 9. The molecule has 0 aromatic heterocycles. The molecule has 0 heterocycles. The highest BCUT2D eigenvalue weighted by atomic mass is 32.2. The Morgan fingerprint density at radius 3 is 2.25 bits per heavy atom. The van der Waals surface area contributed by atoms with Crippen molar-refractivity contribution in [3.8, 4) is 17.2 Å². The van der Waals surface area contributed by atoms with Gasteiger partial charge in [0.25, 0.3) is 0 Å². The maximum absolute atomic E-state index is 12.9. The van der Waals surface area contributed by atoms with E-state index in [2.05, 4.69) is 5.32 Å². The first-order chi connectivity index (χ1) is 13.3. The molecule has 0 unspecified atom stereocenters. The average molecular weight is 408 g/mol. The van der Waals surface area contributed by atoms with Crippen LogP contribution < -0.4 is 19.5 Å². The number of nitrogens with zero attached hydrogens (tertiary/aromatic N) is 1. The smallest absolute Gasteiger partial charge is 0.246 e. The Labute approximate surface area is 165 Å². The van der Waals surface area contributed by atoms with Crippen molar-refractivity contribution in [1.82, 2.24) is 4.31 Å². The molecule has 0 radical (unpaired) electrons. The molecule has 0 aliphatic rings. The zero-order valence-corrected chi connectivity index (χ0v) is 17.1. The quantitative estimate of drug-likeness (QED) is 0.685. The van der Waals surface area contributed by atoms with Gasteiger partial charge in [-0.15, -0.1) is 0 Å². The van der Waals surface area contributed by atoms with Gasteiger partial charge in [0.1, 0.15) is 28.8 Å². The highest BCUT2D eigenvalue weighted by molar-refractivity contribution is 7.89. The number of carbonyl (C=O) groups is 1. The Balaban J connectivity index is 2.10. The van der Waals surface area contributed by atoms with E-state index in [0.29, 0.717) is 17.2 Å². The Morgan fingerprint density at radius 2 is 1.68 bits per heavy atom. The number of likely N-dealkylation sites (N-methyl/N-ethyl adjacent to an activating group) is 1. The minimum Gasteiger partial charge on any atom is -0.497 e. The predicted octanol–water partition coefficient (Wildman–Crippen LogP) is 2.36. The zero-order valence-electron chi connectivity index (χ0n) is 16.3. The number of benzene rings is 2. The van der Waals surface area contributed by atoms with Crippen LogP contribution in [0.2, 0.25) is 0 Å². The van der Waals surface area contributed by atoms with Gasteiger partial charge in [-0.2, -0.15) is 4.31 Å². The predicted molar refractivity (Wildman–Crippen MR) is 106 cm³/mol. The minimum atomic E-state index is -3.85. The number of hydrogen-bond acceptors (Lipinski definition) is 6. The first-order valence-electron chi connectivity index (χ1n) is 8.46. The third kappa shape index (κ3) is 5.37. The lowest BCUT2D eigenvalue weighted by atomic mass is 10.3. The molecule has 9 heteroatoms. The summed E-state index contributed by atoms with van der Waals surface area (Å²) in [6, 6.07) is 11.4. The lowest BCUT2D eigenvalue weighted by Gasteiger charge is -2.19. The van der Waals surface area contributed by atoms with Crippen LogP contribution in [0.3, 0.4) is 0 Å². The Hall–Kier alpha value is -2.78. The second kappa shape index (κ2) is 9.43. The summed E-state index contributed by atoms with van der Waals surface area (Å²) in [5, 5.41) is 2.57. The molecule has 0 aliphatic heterocycles. The highest BCUT2D eigenvalue weighted by Gasteiger charge is 2.25. The summed E-state index contributed by atoms with van der Waals surface area (Å²) >= 11 is 0. The Kier molecular flexibility index (Phi) is 7.24. The second-order valence-corrected chi connectivity index (χ2v) is 7.91. The van der Waals surface area contributed by atoms with E-state index in [1.165, 1.54) is 37.5 Å². The Morgan fingerprint density at radius 1 is 1.04 bits per heavy atom. The highest BCUT2D eigenvalue weighted by Crippen LogP contribution is 2.29. The maximum atomic E-state index is 12.9. The number of carbonyl (C=O) groups excluding carboxylic acids is 1. The molecular weight excluding hydrogens is 384 g/mol. The fourth-order valence-corrected chi connectivity index (χ4v) is 3.74. The van der Waals surface area contributed by atoms with Crippen LogP contribution in [-0.4, -0.2) is 53.0 Å². The molecule has 1 amide bonds. The number of methoxy groups -OCH3 is 2. The fourth-order valence-electron chi connectivity index (χ4n) is 2.41. The van der Waals surface area contributed by atoms with Crippen LogP contribution >= 0.6 is 0 Å². The number of hydrogen-bond donors (Lipinski definition) is 1. The molecule has 0 fully saturated rings. The molecule has 2 rings (SSSR count). The van der Waals surface area contributed by atoms with Crippen LogP contribution in [-0.2, 0) is 14.8 Å². The third-order valence-electron chi connectivity index (χ3n) is 3.91. The summed E-state index contributed by atoms with van der Waals surface area (Å²) in [6.07, 6.45) is 0. The topological polar surface area (TPSA) is 94.2 Å². The van der Waals surface area contributed by atoms with Crippen LogP contribution in [0.15, 0.2) is 47.4 Å². The van der Waals surface area contributed by atoms with Crippen molar-refractivity contribution < 1.29 is 27.4 Å². The molecule has 1 N–H and O–H groups in total. The second-order valence-electron chi connectivity index (χ2n) is 5.90. The van der Waals surface area contributed by atoms with Crippen molar-refractivity contribution in [2.45, 2.75) is 11.8 Å². The van der Waals surface area contributed by atoms with Crippen LogP contribution in [0, 0.1) is 0 Å². The van der Waals surface area contributed by atoms with Gasteiger partial charge in [-0.3, -0.25) is 4.79 Å². The molecule has 152 valence electrons. The van der Waals surface area contributed by atoms with E-state index in [1.54, 1.807) is 37.4 Å². The molecule has 2 aromatic rings. The van der Waals surface area contributed by atoms with Gasteiger partial charge < -0.3 is 19.5 Å². The molecule has 0 bridgehead atoms. The molecule has 2 aromatic carbocycles. The Bertz CT molecular complexity index is 913. The molecule has 0 saturated heterocycles. The van der Waals surface area contributed by atoms with Gasteiger partial charge in [0.05, 0.1) is 14.2 Å². The van der Waals surface area contributed by atoms with Crippen LogP contribution in [0.4, 0.5) is 5.69 Å². The van der Waals surface area contributed by atoms with Gasteiger partial charge in [-0.1, -0.05) is 0 Å². The van der Waals surface area contributed by atoms with E-state index in [4.69, 9.17) is 14.2 Å². The molecule has 0 saturated carbocycles. The summed E-state index contributed by atoms with van der Waals surface area (Å²) in [4.78, 5) is 11.2. The van der Waals surface area contributed by atoms with Gasteiger partial charge in [0.15, 0.2) is 0 Å². The van der Waals surface area contributed by atoms with E-state index < -0.39 is 10.0 Å². The largest absolute Gasteiger partial charge is 0.497 e. The SMILES string of the molecule is COc1ccc(OCCN(C)S(=O)(=O)c2cc(NC(C)=O)ccc2OC)cc1. The number of amides is 1. The molecular formula is C19H24N2O6S. The van der Waals surface area contributed by atoms with Gasteiger partial charge in [-0.25, -0.2) is 8.42 Å². The number of nitrogens with one attached hydrogen (secondary N) is 1. The van der Waals surface area contributed by atoms with Crippen molar-refractivity contribution in [3.63, 3.8) is 0 Å². The normalized spacial score (nSPS) is 11.2. The lowest BCUT2D eigenvalue weighted by Crippen LogP contribution is -2.31. The van der Waals surface area contributed by atoms with Crippen molar-refractivity contribution in [2.24, 2.45) is 0 Å². The first-order valence-corrected chi connectivity index (χ1v) is 9.90. The molecule has 0 aliphatic carbocycles. The van der Waals surface area contributed by atoms with Gasteiger partial charge in [0, 0.05) is 26.2 Å². The molecule has 0 atom stereocenters. The minimum absolute atomic E-state index is 0.0341. The van der Waals surface area contributed by atoms with Crippen LogP contribution in [0.1, 0.15) is 6.92 Å². The molecule has 8 nitrogen and oxygen atoms in total. The van der Waals surface area contributed by atoms with Gasteiger partial charge in [0.2, 0.25) is 15.9 Å². The summed E-state index contributed by atoms with van der Waals surface area (Å²) in [7, 11) is 0.570. The van der Waals surface area contributed by atoms with Gasteiger partial charge >= 0.3 is 0 Å². The molecule has 28 heavy (non-hydrogen) atoms. The lowest BCUT2D eigenvalue weighted by molar-refractivity contribution is -0.114. The van der Waals surface area contributed by atoms with Crippen molar-refractivity contribution in [1.29, 1.82) is 0 Å². The number of ether oxygens (including phenoxy) is 3. The van der Waals surface area contributed by atoms with E-state index in [9.17, 15) is 13.2 Å². The third-order valence-corrected chi connectivity index (χ3v) is 5.78. The van der Waals surface area contributed by atoms with E-state index in [-0.39, 0.29) is 29.7 Å². The summed E-state index contributed by atoms with van der Waals surface area (Å²) < 4.78 is 42.9. The van der Waals surface area contributed by atoms with Crippen LogP contribution in [0.5, 0.6) is 17.2 Å². The number of anilines is 1. The summed E-state index contributed by atoms with van der Waals surface area (Å²) in [5.74, 6) is 1.21. The van der Waals surface area contributed by atoms with E-state index in [1.807, 2.05) is 0 Å². The summed E-state index contributed by atoms with van der Waals surface area (Å²) in [6.45, 7) is 1.64. The monoisotopic (exact) mass is 408 g/mol. The molecule has 0 spiro atoms. The van der Waals surface area contributed by atoms with Crippen LogP contribution in [0.25, 0.3) is 0 Å². The first kappa shape index (κ1) is 21.5. The zero-order chi connectivity index (χ0) is 20.7. The van der Waals surface area contributed by atoms with Crippen molar-refractivity contribution in [2.75, 3.05) is 39.7 Å². The van der Waals surface area contributed by atoms with Crippen molar-refractivity contribution >= 4 is 21.6 Å². The average Bonchev–Trinajstić information content (AvgIpc) is 2.67. The van der Waals surface area contributed by atoms with Gasteiger partial charge in [-0.05, 0) is 42.5 Å². The maximum Gasteiger partial charge on any atom is 0.246 e. The summed E-state index contributed by atoms with van der Waals surface area (Å²) in [5.41, 5.74) is 0.370. The van der Waals surface area contributed by atoms with E-state index >= 15 is 0 Å². The fraction of sp³-hybridized carbons (Fsp3) is 0.316. The van der Waals surface area contributed by atoms with E-state index in [0.717, 1.165) is 0 Å².